The first kappa shape index (κ1) is 20.1. The molecule has 7 nitrogen and oxygen atoms in total. The third kappa shape index (κ3) is 3.94. The second-order valence-corrected chi connectivity index (χ2v) is 8.35. The third-order valence-corrected chi connectivity index (χ3v) is 6.31. The lowest BCUT2D eigenvalue weighted by Gasteiger charge is -2.31. The zero-order valence-corrected chi connectivity index (χ0v) is 17.5. The molecule has 1 N–H and O–H groups in total. The van der Waals surface area contributed by atoms with Gasteiger partial charge in [-0.1, -0.05) is 19.3 Å². The minimum absolute atomic E-state index is 0.0266. The maximum Gasteiger partial charge on any atom is 0.227 e. The molecule has 2 fully saturated rings. The van der Waals surface area contributed by atoms with Gasteiger partial charge in [0.2, 0.25) is 11.9 Å². The van der Waals surface area contributed by atoms with E-state index in [1.54, 1.807) is 6.20 Å². The molecule has 1 aromatic carbocycles. The molecule has 0 radical (unpaired) electrons. The van der Waals surface area contributed by atoms with Gasteiger partial charge in [-0.25, -0.2) is 18.7 Å². The number of anilines is 3. The Labute approximate surface area is 179 Å². The molecule has 31 heavy (non-hydrogen) atoms. The largest absolute Gasteiger partial charge is 0.379 e. The van der Waals surface area contributed by atoms with E-state index in [1.807, 2.05) is 11.6 Å². The van der Waals surface area contributed by atoms with Crippen LogP contribution in [0.1, 0.15) is 44.6 Å². The van der Waals surface area contributed by atoms with Crippen molar-refractivity contribution in [2.45, 2.75) is 50.6 Å². The van der Waals surface area contributed by atoms with Gasteiger partial charge in [-0.15, -0.1) is 0 Å². The van der Waals surface area contributed by atoms with E-state index in [1.165, 1.54) is 31.4 Å². The smallest absolute Gasteiger partial charge is 0.227 e. The Morgan fingerprint density at radius 2 is 1.97 bits per heavy atom. The van der Waals surface area contributed by atoms with Gasteiger partial charge in [0.05, 0.1) is 24.5 Å². The number of imidazole rings is 1. The molecule has 3 aromatic rings. The Hall–Kier alpha value is -2.81. The van der Waals surface area contributed by atoms with Crippen molar-refractivity contribution in [2.75, 3.05) is 30.5 Å². The summed E-state index contributed by atoms with van der Waals surface area (Å²) in [5.74, 6) is -0.186. The lowest BCUT2D eigenvalue weighted by molar-refractivity contribution is 0.187. The van der Waals surface area contributed by atoms with E-state index >= 15 is 0 Å². The molecule has 164 valence electrons. The molecule has 9 heteroatoms. The van der Waals surface area contributed by atoms with E-state index in [0.29, 0.717) is 42.3 Å². The maximum atomic E-state index is 14.3. The van der Waals surface area contributed by atoms with Crippen LogP contribution in [0.4, 0.5) is 26.4 Å². The Bertz CT molecular complexity index is 1080. The number of hydrogen-bond donors (Lipinski definition) is 1. The Balaban J connectivity index is 1.54. The summed E-state index contributed by atoms with van der Waals surface area (Å²) in [5, 5.41) is 3.02. The van der Waals surface area contributed by atoms with E-state index in [2.05, 4.69) is 20.2 Å². The average Bonchev–Trinajstić information content (AvgIpc) is 3.42. The van der Waals surface area contributed by atoms with E-state index < -0.39 is 11.6 Å². The lowest BCUT2D eigenvalue weighted by Crippen LogP contribution is -2.34. The second kappa shape index (κ2) is 8.37. The molecular weight excluding hydrogens is 402 g/mol. The molecule has 3 heterocycles. The van der Waals surface area contributed by atoms with Crippen molar-refractivity contribution in [3.8, 4) is 0 Å². The summed E-state index contributed by atoms with van der Waals surface area (Å²) in [5.41, 5.74) is 1.47. The van der Waals surface area contributed by atoms with Gasteiger partial charge in [-0.2, -0.15) is 4.98 Å². The van der Waals surface area contributed by atoms with Crippen LogP contribution in [0.15, 0.2) is 24.4 Å². The predicted octanol–water partition coefficient (Wildman–Crippen LogP) is 4.58. The van der Waals surface area contributed by atoms with E-state index in [9.17, 15) is 8.78 Å². The van der Waals surface area contributed by atoms with Gasteiger partial charge in [0.15, 0.2) is 5.65 Å². The standard InChI is InChI=1S/C22H26F2N6O/c1-29(15-5-3-2-4-6-15)21-25-12-19-20(28-21)30(16-9-10-31-13-16)22(27-19)26-18-8-7-14(23)11-17(18)24/h7-8,11-12,15-16H,2-6,9-10,13H2,1H3,(H,26,27). The fraction of sp³-hybridized carbons (Fsp3) is 0.500. The number of benzene rings is 1. The first-order valence-corrected chi connectivity index (χ1v) is 10.9. The van der Waals surface area contributed by atoms with Gasteiger partial charge in [-0.3, -0.25) is 4.57 Å². The van der Waals surface area contributed by atoms with Gasteiger partial charge >= 0.3 is 0 Å². The number of hydrogen-bond acceptors (Lipinski definition) is 6. The van der Waals surface area contributed by atoms with Gasteiger partial charge in [0, 0.05) is 25.8 Å². The first-order chi connectivity index (χ1) is 15.1. The average molecular weight is 428 g/mol. The molecular formula is C22H26F2N6O. The van der Waals surface area contributed by atoms with Gasteiger partial charge in [0.1, 0.15) is 17.2 Å². The summed E-state index contributed by atoms with van der Waals surface area (Å²) >= 11 is 0. The summed E-state index contributed by atoms with van der Waals surface area (Å²) in [6.45, 7) is 1.18. The monoisotopic (exact) mass is 428 g/mol. The van der Waals surface area contributed by atoms with Gasteiger partial charge in [0.25, 0.3) is 0 Å². The van der Waals surface area contributed by atoms with Crippen LogP contribution in [0.3, 0.4) is 0 Å². The zero-order chi connectivity index (χ0) is 21.4. The minimum Gasteiger partial charge on any atom is -0.379 e. The fourth-order valence-corrected chi connectivity index (χ4v) is 4.55. The van der Waals surface area contributed by atoms with Crippen molar-refractivity contribution in [2.24, 2.45) is 0 Å². The van der Waals surface area contributed by atoms with Crippen LogP contribution >= 0.6 is 0 Å². The highest BCUT2D eigenvalue weighted by atomic mass is 19.1. The first-order valence-electron chi connectivity index (χ1n) is 10.9. The van der Waals surface area contributed by atoms with Gasteiger partial charge in [-0.05, 0) is 31.4 Å². The predicted molar refractivity (Wildman–Crippen MR) is 115 cm³/mol. The molecule has 1 atom stereocenters. The molecule has 1 aliphatic carbocycles. The zero-order valence-electron chi connectivity index (χ0n) is 17.5. The molecule has 0 spiro atoms. The molecule has 5 rings (SSSR count). The van der Waals surface area contributed by atoms with Crippen LogP contribution in [0.2, 0.25) is 0 Å². The highest BCUT2D eigenvalue weighted by Crippen LogP contribution is 2.32. The summed E-state index contributed by atoms with van der Waals surface area (Å²) in [6, 6.07) is 3.90. The van der Waals surface area contributed by atoms with Crippen LogP contribution in [0.5, 0.6) is 0 Å². The molecule has 2 aromatic heterocycles. The number of nitrogens with one attached hydrogen (secondary N) is 1. The molecule has 1 aliphatic heterocycles. The fourth-order valence-electron chi connectivity index (χ4n) is 4.55. The van der Waals surface area contributed by atoms with Crippen LogP contribution in [0.25, 0.3) is 11.2 Å². The number of halogens is 2. The Morgan fingerprint density at radius 1 is 1.13 bits per heavy atom. The van der Waals surface area contributed by atoms with E-state index in [0.717, 1.165) is 25.3 Å². The van der Waals surface area contributed by atoms with Crippen molar-refractivity contribution in [3.63, 3.8) is 0 Å². The number of ether oxygens (including phenoxy) is 1. The summed E-state index contributed by atoms with van der Waals surface area (Å²) in [7, 11) is 2.05. The number of aromatic nitrogens is 4. The van der Waals surface area contributed by atoms with E-state index in [-0.39, 0.29) is 11.7 Å². The lowest BCUT2D eigenvalue weighted by atomic mass is 9.95. The number of nitrogens with zero attached hydrogens (tertiary/aromatic N) is 5. The molecule has 1 saturated heterocycles. The van der Waals surface area contributed by atoms with Crippen LogP contribution < -0.4 is 10.2 Å². The topological polar surface area (TPSA) is 68.1 Å². The van der Waals surface area contributed by atoms with Crippen molar-refractivity contribution >= 4 is 28.7 Å². The highest BCUT2D eigenvalue weighted by molar-refractivity contribution is 5.76. The van der Waals surface area contributed by atoms with E-state index in [4.69, 9.17) is 9.72 Å². The molecule has 1 unspecified atom stereocenters. The van der Waals surface area contributed by atoms with Crippen molar-refractivity contribution < 1.29 is 13.5 Å². The molecule has 0 bridgehead atoms. The quantitative estimate of drug-likeness (QED) is 0.642. The van der Waals surface area contributed by atoms with Gasteiger partial charge < -0.3 is 15.0 Å². The molecule has 0 amide bonds. The summed E-state index contributed by atoms with van der Waals surface area (Å²) < 4.78 is 35.2. The maximum absolute atomic E-state index is 14.3. The Kier molecular flexibility index (Phi) is 5.43. The van der Waals surface area contributed by atoms with Crippen LogP contribution in [-0.4, -0.2) is 45.8 Å². The summed E-state index contributed by atoms with van der Waals surface area (Å²) in [4.78, 5) is 16.2. The molecule has 1 saturated carbocycles. The summed E-state index contributed by atoms with van der Waals surface area (Å²) in [6.07, 6.45) is 8.55. The van der Waals surface area contributed by atoms with Crippen LogP contribution in [-0.2, 0) is 4.74 Å². The number of rotatable bonds is 5. The van der Waals surface area contributed by atoms with Crippen molar-refractivity contribution in [1.82, 2.24) is 19.5 Å². The highest BCUT2D eigenvalue weighted by Gasteiger charge is 2.27. The Morgan fingerprint density at radius 3 is 2.71 bits per heavy atom. The second-order valence-electron chi connectivity index (χ2n) is 8.35. The van der Waals surface area contributed by atoms with Crippen molar-refractivity contribution in [3.05, 3.63) is 36.0 Å². The van der Waals surface area contributed by atoms with Crippen LogP contribution in [0, 0.1) is 11.6 Å². The molecule has 2 aliphatic rings. The number of fused-ring (bicyclic) bond motifs is 1. The van der Waals surface area contributed by atoms with Crippen molar-refractivity contribution in [1.29, 1.82) is 0 Å². The third-order valence-electron chi connectivity index (χ3n) is 6.31. The minimum atomic E-state index is -0.676. The normalized spacial score (nSPS) is 19.8. The SMILES string of the molecule is CN(c1ncc2nc(Nc3ccc(F)cc3F)n(C3CCOC3)c2n1)C1CCCCC1.